The summed E-state index contributed by atoms with van der Waals surface area (Å²) in [6.07, 6.45) is 1.70. The summed E-state index contributed by atoms with van der Waals surface area (Å²) in [5.41, 5.74) is 1.77. The number of nitrogens with one attached hydrogen (secondary N) is 2. The highest BCUT2D eigenvalue weighted by Gasteiger charge is 2.12. The molecule has 0 aliphatic carbocycles. The molecule has 0 saturated carbocycles. The predicted molar refractivity (Wildman–Crippen MR) is 100 cm³/mol. The minimum Gasteiger partial charge on any atom is -0.486 e. The van der Waals surface area contributed by atoms with Gasteiger partial charge < -0.3 is 20.1 Å². The van der Waals surface area contributed by atoms with Crippen molar-refractivity contribution < 1.29 is 9.47 Å². The molecule has 4 rings (SSSR count). The van der Waals surface area contributed by atoms with E-state index >= 15 is 0 Å². The standard InChI is InChI=1S/C18H15BrN4O2/c19-13-3-1-2-4-14(13)22-18-20-8-7-17(23-18)21-12-5-6-15-16(11-12)25-10-9-24-15/h1-8,11H,9-10H2,(H2,20,21,22,23). The van der Waals surface area contributed by atoms with E-state index in [1.54, 1.807) is 6.20 Å². The zero-order valence-electron chi connectivity index (χ0n) is 13.2. The Bertz CT molecular complexity index is 904. The van der Waals surface area contributed by atoms with Crippen molar-refractivity contribution >= 4 is 39.1 Å². The molecule has 0 amide bonds. The SMILES string of the molecule is Brc1ccccc1Nc1nccc(Nc2ccc3c(c2)OCCO3)n1. The fourth-order valence-electron chi connectivity index (χ4n) is 2.44. The molecule has 1 aromatic heterocycles. The van der Waals surface area contributed by atoms with Crippen LogP contribution in [0.4, 0.5) is 23.1 Å². The number of anilines is 4. The highest BCUT2D eigenvalue weighted by atomic mass is 79.9. The van der Waals surface area contributed by atoms with Crippen molar-refractivity contribution in [2.24, 2.45) is 0 Å². The van der Waals surface area contributed by atoms with Gasteiger partial charge in [-0.2, -0.15) is 4.98 Å². The molecule has 0 saturated heterocycles. The van der Waals surface area contributed by atoms with Crippen molar-refractivity contribution in [2.75, 3.05) is 23.8 Å². The third kappa shape index (κ3) is 3.66. The van der Waals surface area contributed by atoms with Crippen molar-refractivity contribution in [2.45, 2.75) is 0 Å². The summed E-state index contributed by atoms with van der Waals surface area (Å²) in [6.45, 7) is 1.14. The molecule has 2 N–H and O–H groups in total. The lowest BCUT2D eigenvalue weighted by Crippen LogP contribution is -2.15. The topological polar surface area (TPSA) is 68.3 Å². The second-order valence-electron chi connectivity index (χ2n) is 5.35. The van der Waals surface area contributed by atoms with Gasteiger partial charge in [0.25, 0.3) is 0 Å². The van der Waals surface area contributed by atoms with Crippen LogP contribution in [-0.4, -0.2) is 23.2 Å². The van der Waals surface area contributed by atoms with E-state index in [2.05, 4.69) is 36.5 Å². The van der Waals surface area contributed by atoms with Crippen LogP contribution in [0.5, 0.6) is 11.5 Å². The normalized spacial score (nSPS) is 12.5. The highest BCUT2D eigenvalue weighted by molar-refractivity contribution is 9.10. The van der Waals surface area contributed by atoms with Gasteiger partial charge in [0.05, 0.1) is 5.69 Å². The molecule has 6 nitrogen and oxygen atoms in total. The van der Waals surface area contributed by atoms with Gasteiger partial charge in [0, 0.05) is 22.4 Å². The Kier molecular flexibility index (Phi) is 4.39. The van der Waals surface area contributed by atoms with Crippen LogP contribution in [0, 0.1) is 0 Å². The van der Waals surface area contributed by atoms with E-state index in [-0.39, 0.29) is 0 Å². The first-order chi connectivity index (χ1) is 12.3. The van der Waals surface area contributed by atoms with Gasteiger partial charge in [-0.1, -0.05) is 12.1 Å². The van der Waals surface area contributed by atoms with Crippen LogP contribution in [0.1, 0.15) is 0 Å². The van der Waals surface area contributed by atoms with Crippen LogP contribution in [0.25, 0.3) is 0 Å². The fraction of sp³-hybridized carbons (Fsp3) is 0.111. The number of rotatable bonds is 4. The number of hydrogen-bond donors (Lipinski definition) is 2. The number of hydrogen-bond acceptors (Lipinski definition) is 6. The molecular weight excluding hydrogens is 384 g/mol. The molecule has 0 atom stereocenters. The summed E-state index contributed by atoms with van der Waals surface area (Å²) in [5.74, 6) is 2.68. The van der Waals surface area contributed by atoms with Crippen LogP contribution < -0.4 is 20.1 Å². The van der Waals surface area contributed by atoms with E-state index in [1.807, 2.05) is 48.5 Å². The Morgan fingerprint density at radius 3 is 2.64 bits per heavy atom. The van der Waals surface area contributed by atoms with Crippen molar-refractivity contribution in [3.05, 3.63) is 59.2 Å². The number of benzene rings is 2. The first-order valence-corrected chi connectivity index (χ1v) is 8.58. The third-order valence-electron chi connectivity index (χ3n) is 3.59. The molecule has 0 spiro atoms. The number of aromatic nitrogens is 2. The summed E-state index contributed by atoms with van der Waals surface area (Å²) < 4.78 is 12.1. The first-order valence-electron chi connectivity index (χ1n) is 7.79. The molecular formula is C18H15BrN4O2. The number of ether oxygens (including phenoxy) is 2. The number of fused-ring (bicyclic) bond motifs is 1. The monoisotopic (exact) mass is 398 g/mol. The van der Waals surface area contributed by atoms with E-state index in [9.17, 15) is 0 Å². The third-order valence-corrected chi connectivity index (χ3v) is 4.28. The summed E-state index contributed by atoms with van der Waals surface area (Å²) in [7, 11) is 0. The molecule has 0 radical (unpaired) electrons. The van der Waals surface area contributed by atoms with Gasteiger partial charge >= 0.3 is 0 Å². The average Bonchev–Trinajstić information content (AvgIpc) is 2.64. The molecule has 126 valence electrons. The van der Waals surface area contributed by atoms with E-state index in [0.29, 0.717) is 25.0 Å². The van der Waals surface area contributed by atoms with Crippen LogP contribution in [-0.2, 0) is 0 Å². The molecule has 0 fully saturated rings. The Morgan fingerprint density at radius 1 is 0.920 bits per heavy atom. The van der Waals surface area contributed by atoms with Gasteiger partial charge in [0.2, 0.25) is 5.95 Å². The van der Waals surface area contributed by atoms with Gasteiger partial charge in [0.15, 0.2) is 11.5 Å². The largest absolute Gasteiger partial charge is 0.486 e. The highest BCUT2D eigenvalue weighted by Crippen LogP contribution is 2.33. The predicted octanol–water partition coefficient (Wildman–Crippen LogP) is 4.50. The van der Waals surface area contributed by atoms with Crippen molar-refractivity contribution in [1.82, 2.24) is 9.97 Å². The summed E-state index contributed by atoms with van der Waals surface area (Å²) in [6, 6.07) is 15.3. The summed E-state index contributed by atoms with van der Waals surface area (Å²) >= 11 is 3.50. The minimum absolute atomic E-state index is 0.509. The van der Waals surface area contributed by atoms with Gasteiger partial charge in [-0.3, -0.25) is 0 Å². The lowest BCUT2D eigenvalue weighted by molar-refractivity contribution is 0.171. The Morgan fingerprint density at radius 2 is 1.76 bits per heavy atom. The Hall–Kier alpha value is -2.80. The summed E-state index contributed by atoms with van der Waals surface area (Å²) in [4.78, 5) is 8.75. The lowest BCUT2D eigenvalue weighted by atomic mass is 10.2. The lowest BCUT2D eigenvalue weighted by Gasteiger charge is -2.19. The van der Waals surface area contributed by atoms with Crippen LogP contribution >= 0.6 is 15.9 Å². The Labute approximate surface area is 153 Å². The quantitative estimate of drug-likeness (QED) is 0.674. The Balaban J connectivity index is 1.53. The number of halogens is 1. The van der Waals surface area contributed by atoms with Crippen LogP contribution in [0.15, 0.2) is 59.2 Å². The molecule has 1 aliphatic rings. The second-order valence-corrected chi connectivity index (χ2v) is 6.21. The summed E-state index contributed by atoms with van der Waals surface area (Å²) in [5, 5.41) is 6.45. The number of nitrogens with zero attached hydrogens (tertiary/aromatic N) is 2. The zero-order chi connectivity index (χ0) is 17.1. The van der Waals surface area contributed by atoms with Crippen LogP contribution in [0.2, 0.25) is 0 Å². The molecule has 0 bridgehead atoms. The molecule has 1 aliphatic heterocycles. The molecule has 7 heteroatoms. The molecule has 2 heterocycles. The van der Waals surface area contributed by atoms with Crippen molar-refractivity contribution in [3.63, 3.8) is 0 Å². The van der Waals surface area contributed by atoms with E-state index < -0.39 is 0 Å². The van der Waals surface area contributed by atoms with Crippen molar-refractivity contribution in [3.8, 4) is 11.5 Å². The maximum absolute atomic E-state index is 5.60. The molecule has 0 unspecified atom stereocenters. The van der Waals surface area contributed by atoms with Gasteiger partial charge in [0.1, 0.15) is 19.0 Å². The fourth-order valence-corrected chi connectivity index (χ4v) is 2.82. The van der Waals surface area contributed by atoms with Gasteiger partial charge in [-0.25, -0.2) is 4.98 Å². The zero-order valence-corrected chi connectivity index (χ0v) is 14.8. The average molecular weight is 399 g/mol. The van der Waals surface area contributed by atoms with Crippen LogP contribution in [0.3, 0.4) is 0 Å². The van der Waals surface area contributed by atoms with Gasteiger partial charge in [-0.15, -0.1) is 0 Å². The maximum atomic E-state index is 5.60. The van der Waals surface area contributed by atoms with Crippen molar-refractivity contribution in [1.29, 1.82) is 0 Å². The maximum Gasteiger partial charge on any atom is 0.229 e. The van der Waals surface area contributed by atoms with E-state index in [0.717, 1.165) is 27.3 Å². The van der Waals surface area contributed by atoms with E-state index in [4.69, 9.17) is 9.47 Å². The number of para-hydroxylation sites is 1. The smallest absolute Gasteiger partial charge is 0.229 e. The first kappa shape index (κ1) is 15.7. The minimum atomic E-state index is 0.509. The van der Waals surface area contributed by atoms with Gasteiger partial charge in [-0.05, 0) is 46.3 Å². The molecule has 25 heavy (non-hydrogen) atoms. The molecule has 2 aromatic carbocycles. The second kappa shape index (κ2) is 6.98. The molecule has 3 aromatic rings. The van der Waals surface area contributed by atoms with E-state index in [1.165, 1.54) is 0 Å².